The van der Waals surface area contributed by atoms with E-state index in [9.17, 15) is 9.59 Å². The monoisotopic (exact) mass is 327 g/mol. The lowest BCUT2D eigenvalue weighted by molar-refractivity contribution is -0.116. The fourth-order valence-electron chi connectivity index (χ4n) is 2.28. The molecule has 2 aromatic rings. The van der Waals surface area contributed by atoms with Gasteiger partial charge in [-0.15, -0.1) is 0 Å². The van der Waals surface area contributed by atoms with Gasteiger partial charge in [-0.3, -0.25) is 9.59 Å². The fraction of sp³-hybridized carbons (Fsp3) is 0.278. The van der Waals surface area contributed by atoms with Gasteiger partial charge in [-0.05, 0) is 24.1 Å². The molecule has 0 saturated heterocycles. The molecule has 126 valence electrons. The van der Waals surface area contributed by atoms with Crippen LogP contribution < -0.4 is 10.1 Å². The molecule has 2 rings (SSSR count). The van der Waals surface area contributed by atoms with Gasteiger partial charge in [0.2, 0.25) is 11.8 Å². The Hall–Kier alpha value is -2.89. The summed E-state index contributed by atoms with van der Waals surface area (Å²) in [6.07, 6.45) is 2.25. The number of aryl methyl sites for hydroxylation is 1. The predicted octanol–water partition coefficient (Wildman–Crippen LogP) is 2.36. The van der Waals surface area contributed by atoms with Crippen LogP contribution in [0.3, 0.4) is 0 Å². The first-order valence-electron chi connectivity index (χ1n) is 7.68. The fourth-order valence-corrected chi connectivity index (χ4v) is 2.28. The summed E-state index contributed by atoms with van der Waals surface area (Å²) in [4.78, 5) is 29.9. The number of pyridine rings is 1. The molecule has 0 aliphatic rings. The molecule has 0 radical (unpaired) electrons. The van der Waals surface area contributed by atoms with Gasteiger partial charge in [0.25, 0.3) is 5.91 Å². The zero-order chi connectivity index (χ0) is 17.5. The molecule has 6 nitrogen and oxygen atoms in total. The van der Waals surface area contributed by atoms with Gasteiger partial charge < -0.3 is 15.0 Å². The second-order valence-electron chi connectivity index (χ2n) is 5.31. The number of amides is 2. The maximum Gasteiger partial charge on any atom is 0.255 e. The number of hydrogen-bond acceptors (Lipinski definition) is 4. The number of carbonyl (C=O) groups is 2. The predicted molar refractivity (Wildman–Crippen MR) is 92.2 cm³/mol. The number of aromatic nitrogens is 1. The summed E-state index contributed by atoms with van der Waals surface area (Å²) in [5.74, 6) is -0.0829. The number of ether oxygens (including phenoxy) is 1. The molecule has 1 N–H and O–H groups in total. The van der Waals surface area contributed by atoms with E-state index < -0.39 is 0 Å². The minimum atomic E-state index is -0.274. The Balaban J connectivity index is 1.98. The highest BCUT2D eigenvalue weighted by atomic mass is 16.5. The normalized spacial score (nSPS) is 10.1. The van der Waals surface area contributed by atoms with Crippen molar-refractivity contribution in [3.05, 3.63) is 53.7 Å². The van der Waals surface area contributed by atoms with E-state index in [0.29, 0.717) is 11.4 Å². The Bertz CT molecular complexity index is 714. The molecule has 0 aliphatic heterocycles. The van der Waals surface area contributed by atoms with Gasteiger partial charge in [-0.2, -0.15) is 0 Å². The molecule has 1 heterocycles. The number of likely N-dealkylation sites (N-methyl/N-ethyl adjacent to an activating group) is 1. The molecule has 0 bridgehead atoms. The lowest BCUT2D eigenvalue weighted by Crippen LogP contribution is -2.35. The van der Waals surface area contributed by atoms with Crippen LogP contribution in [0, 0.1) is 0 Å². The average Bonchev–Trinajstić information content (AvgIpc) is 2.61. The van der Waals surface area contributed by atoms with Crippen molar-refractivity contribution < 1.29 is 14.3 Å². The van der Waals surface area contributed by atoms with Crippen molar-refractivity contribution in [3.63, 3.8) is 0 Å². The number of hydrogen-bond donors (Lipinski definition) is 1. The van der Waals surface area contributed by atoms with E-state index >= 15 is 0 Å². The van der Waals surface area contributed by atoms with Gasteiger partial charge >= 0.3 is 0 Å². The SMILES string of the molecule is CCc1ccccc1NC(=O)CN(C)C(=O)c1ccc(OC)nc1. The molecule has 0 atom stereocenters. The lowest BCUT2D eigenvalue weighted by atomic mass is 10.1. The number of anilines is 1. The average molecular weight is 327 g/mol. The lowest BCUT2D eigenvalue weighted by Gasteiger charge is -2.17. The van der Waals surface area contributed by atoms with Crippen LogP contribution in [0.4, 0.5) is 5.69 Å². The second kappa shape index (κ2) is 8.10. The quantitative estimate of drug-likeness (QED) is 0.884. The summed E-state index contributed by atoms with van der Waals surface area (Å²) in [6, 6.07) is 10.8. The number of rotatable bonds is 6. The zero-order valence-corrected chi connectivity index (χ0v) is 14.1. The van der Waals surface area contributed by atoms with Crippen LogP contribution in [-0.2, 0) is 11.2 Å². The van der Waals surface area contributed by atoms with Gasteiger partial charge in [0.1, 0.15) is 0 Å². The Morgan fingerprint density at radius 3 is 2.58 bits per heavy atom. The highest BCUT2D eigenvalue weighted by Crippen LogP contribution is 2.15. The molecule has 2 amide bonds. The molecule has 0 saturated carbocycles. The number of para-hydroxylation sites is 1. The van der Waals surface area contributed by atoms with Crippen LogP contribution >= 0.6 is 0 Å². The van der Waals surface area contributed by atoms with Crippen LogP contribution in [0.15, 0.2) is 42.6 Å². The Labute approximate surface area is 141 Å². The zero-order valence-electron chi connectivity index (χ0n) is 14.1. The summed E-state index contributed by atoms with van der Waals surface area (Å²) in [5, 5.41) is 2.85. The molecule has 0 aliphatic carbocycles. The third kappa shape index (κ3) is 4.32. The van der Waals surface area contributed by atoms with Crippen LogP contribution in [-0.4, -0.2) is 42.4 Å². The van der Waals surface area contributed by atoms with E-state index in [1.807, 2.05) is 31.2 Å². The van der Waals surface area contributed by atoms with E-state index in [1.54, 1.807) is 19.2 Å². The summed E-state index contributed by atoms with van der Waals surface area (Å²) in [7, 11) is 3.09. The van der Waals surface area contributed by atoms with Crippen LogP contribution in [0.1, 0.15) is 22.8 Å². The van der Waals surface area contributed by atoms with E-state index in [0.717, 1.165) is 17.7 Å². The first-order valence-corrected chi connectivity index (χ1v) is 7.68. The molecule has 0 unspecified atom stereocenters. The highest BCUT2D eigenvalue weighted by Gasteiger charge is 2.16. The number of nitrogens with zero attached hydrogens (tertiary/aromatic N) is 2. The van der Waals surface area contributed by atoms with Crippen LogP contribution in [0.5, 0.6) is 5.88 Å². The largest absolute Gasteiger partial charge is 0.481 e. The molecule has 0 fully saturated rings. The number of methoxy groups -OCH3 is 1. The summed E-state index contributed by atoms with van der Waals surface area (Å²) in [6.45, 7) is 1.99. The van der Waals surface area contributed by atoms with E-state index in [2.05, 4.69) is 10.3 Å². The van der Waals surface area contributed by atoms with Crippen molar-refractivity contribution >= 4 is 17.5 Å². The third-order valence-corrected chi connectivity index (χ3v) is 3.59. The Morgan fingerprint density at radius 1 is 1.21 bits per heavy atom. The van der Waals surface area contributed by atoms with Crippen LogP contribution in [0.2, 0.25) is 0 Å². The van der Waals surface area contributed by atoms with E-state index in [1.165, 1.54) is 18.2 Å². The van der Waals surface area contributed by atoms with E-state index in [-0.39, 0.29) is 18.4 Å². The smallest absolute Gasteiger partial charge is 0.255 e. The molecule has 6 heteroatoms. The minimum absolute atomic E-state index is 0.0388. The molecule has 0 spiro atoms. The Morgan fingerprint density at radius 2 is 1.96 bits per heavy atom. The van der Waals surface area contributed by atoms with Gasteiger partial charge in [-0.25, -0.2) is 4.98 Å². The van der Waals surface area contributed by atoms with Crippen molar-refractivity contribution in [1.29, 1.82) is 0 Å². The minimum Gasteiger partial charge on any atom is -0.481 e. The second-order valence-corrected chi connectivity index (χ2v) is 5.31. The first kappa shape index (κ1) is 17.5. The standard InChI is InChI=1S/C18H21N3O3/c1-4-13-7-5-6-8-15(13)20-16(22)12-21(2)18(23)14-9-10-17(24-3)19-11-14/h5-11H,4,12H2,1-3H3,(H,20,22). The van der Waals surface area contributed by atoms with Crippen LogP contribution in [0.25, 0.3) is 0 Å². The summed E-state index contributed by atoms with van der Waals surface area (Å²) in [5.41, 5.74) is 2.23. The molecular weight excluding hydrogens is 306 g/mol. The van der Waals surface area contributed by atoms with Crippen molar-refractivity contribution in [1.82, 2.24) is 9.88 Å². The highest BCUT2D eigenvalue weighted by molar-refractivity contribution is 5.99. The van der Waals surface area contributed by atoms with Gasteiger partial charge in [-0.1, -0.05) is 25.1 Å². The molecule has 1 aromatic heterocycles. The maximum atomic E-state index is 12.3. The third-order valence-electron chi connectivity index (χ3n) is 3.59. The van der Waals surface area contributed by atoms with Gasteiger partial charge in [0.15, 0.2) is 0 Å². The number of carbonyl (C=O) groups excluding carboxylic acids is 2. The molecule has 1 aromatic carbocycles. The van der Waals surface area contributed by atoms with E-state index in [4.69, 9.17) is 4.74 Å². The summed E-state index contributed by atoms with van der Waals surface area (Å²) < 4.78 is 4.96. The van der Waals surface area contributed by atoms with Crippen molar-refractivity contribution in [2.24, 2.45) is 0 Å². The van der Waals surface area contributed by atoms with Gasteiger partial charge in [0.05, 0.1) is 19.2 Å². The topological polar surface area (TPSA) is 71.5 Å². The number of benzene rings is 1. The van der Waals surface area contributed by atoms with Crippen molar-refractivity contribution in [3.8, 4) is 5.88 Å². The van der Waals surface area contributed by atoms with Gasteiger partial charge in [0, 0.05) is 25.0 Å². The number of nitrogens with one attached hydrogen (secondary N) is 1. The first-order chi connectivity index (χ1) is 11.5. The summed E-state index contributed by atoms with van der Waals surface area (Å²) >= 11 is 0. The maximum absolute atomic E-state index is 12.3. The van der Waals surface area contributed by atoms with Crippen molar-refractivity contribution in [2.45, 2.75) is 13.3 Å². The molecular formula is C18H21N3O3. The Kier molecular flexibility index (Phi) is 5.89. The van der Waals surface area contributed by atoms with Crippen molar-refractivity contribution in [2.75, 3.05) is 26.0 Å². The molecule has 24 heavy (non-hydrogen) atoms.